The van der Waals surface area contributed by atoms with Crippen molar-refractivity contribution in [3.05, 3.63) is 34.2 Å². The third-order valence-electron chi connectivity index (χ3n) is 3.28. The lowest BCUT2D eigenvalue weighted by Gasteiger charge is -2.29. The Morgan fingerprint density at radius 2 is 2.23 bits per heavy atom. The summed E-state index contributed by atoms with van der Waals surface area (Å²) in [5.74, 6) is 0.895. The van der Waals surface area contributed by atoms with Crippen LogP contribution < -0.4 is 5.32 Å². The van der Waals surface area contributed by atoms with Gasteiger partial charge in [-0.3, -0.25) is 0 Å². The fourth-order valence-corrected chi connectivity index (χ4v) is 2.49. The molecule has 0 radical (unpaired) electrons. The molecule has 1 amide bonds. The topological polar surface area (TPSA) is 54.7 Å². The summed E-state index contributed by atoms with van der Waals surface area (Å²) in [5, 5.41) is 3.35. The molecule has 1 aliphatic rings. The molecule has 0 saturated heterocycles. The van der Waals surface area contributed by atoms with E-state index in [0.29, 0.717) is 19.6 Å². The second-order valence-corrected chi connectivity index (χ2v) is 7.19. The van der Waals surface area contributed by atoms with E-state index in [4.69, 9.17) is 9.15 Å². The maximum Gasteiger partial charge on any atom is 0.410 e. The third kappa shape index (κ3) is 5.18. The van der Waals surface area contributed by atoms with Gasteiger partial charge in [0, 0.05) is 19.6 Å². The molecule has 0 aliphatic carbocycles. The number of carbonyl (C=O) groups excluding carboxylic acids is 1. The Morgan fingerprint density at radius 1 is 1.45 bits per heavy atom. The predicted octanol–water partition coefficient (Wildman–Crippen LogP) is 3.70. The highest BCUT2D eigenvalue weighted by Gasteiger charge is 2.23. The number of rotatable bonds is 4. The van der Waals surface area contributed by atoms with Crippen molar-refractivity contribution in [2.24, 2.45) is 0 Å². The smallest absolute Gasteiger partial charge is 0.410 e. The van der Waals surface area contributed by atoms with E-state index in [2.05, 4.69) is 27.3 Å². The number of hydrogen-bond acceptors (Lipinski definition) is 4. The zero-order valence-corrected chi connectivity index (χ0v) is 14.9. The molecule has 1 aromatic heterocycles. The predicted molar refractivity (Wildman–Crippen MR) is 88.6 cm³/mol. The van der Waals surface area contributed by atoms with Crippen LogP contribution in [0.5, 0.6) is 0 Å². The lowest BCUT2D eigenvalue weighted by molar-refractivity contribution is 0.0265. The van der Waals surface area contributed by atoms with Crippen LogP contribution in [0.2, 0.25) is 0 Å². The average Bonchev–Trinajstić information content (AvgIpc) is 2.83. The van der Waals surface area contributed by atoms with Gasteiger partial charge in [0.2, 0.25) is 0 Å². The minimum atomic E-state index is -0.445. The van der Waals surface area contributed by atoms with Crippen LogP contribution in [-0.2, 0) is 11.3 Å². The number of ether oxygens (including phenoxy) is 1. The summed E-state index contributed by atoms with van der Waals surface area (Å²) < 4.78 is 11.7. The van der Waals surface area contributed by atoms with E-state index in [9.17, 15) is 4.79 Å². The molecule has 0 saturated carbocycles. The summed E-state index contributed by atoms with van der Waals surface area (Å²) in [5.41, 5.74) is 0.862. The maximum absolute atomic E-state index is 12.0. The van der Waals surface area contributed by atoms with Crippen LogP contribution >= 0.6 is 15.9 Å². The second-order valence-electron chi connectivity index (χ2n) is 6.33. The van der Waals surface area contributed by atoms with Crippen molar-refractivity contribution < 1.29 is 13.9 Å². The first-order valence-corrected chi connectivity index (χ1v) is 8.23. The lowest BCUT2D eigenvalue weighted by Crippen LogP contribution is -2.39. The zero-order chi connectivity index (χ0) is 16.2. The van der Waals surface area contributed by atoms with Gasteiger partial charge in [0.1, 0.15) is 11.4 Å². The minimum Gasteiger partial charge on any atom is -0.467 e. The fraction of sp³-hybridized carbons (Fsp3) is 0.562. The number of amides is 1. The quantitative estimate of drug-likeness (QED) is 0.820. The standard InChI is InChI=1S/C16H23BrN2O3/c1-16(2,3)22-15(20)19-7-4-12(5-8-19)10-18-11-14-13(17)6-9-21-14/h4,6,9,18H,5,7-8,10-11H2,1-3H3. The minimum absolute atomic E-state index is 0.240. The van der Waals surface area contributed by atoms with E-state index < -0.39 is 5.60 Å². The van der Waals surface area contributed by atoms with Crippen LogP contribution in [0, 0.1) is 0 Å². The Morgan fingerprint density at radius 3 is 2.77 bits per heavy atom. The summed E-state index contributed by atoms with van der Waals surface area (Å²) in [4.78, 5) is 13.7. The molecule has 0 fully saturated rings. The molecule has 0 atom stereocenters. The number of carbonyl (C=O) groups is 1. The Hall–Kier alpha value is -1.27. The van der Waals surface area contributed by atoms with Crippen molar-refractivity contribution in [1.29, 1.82) is 0 Å². The molecule has 5 nitrogen and oxygen atoms in total. The van der Waals surface area contributed by atoms with Crippen LogP contribution in [0.1, 0.15) is 33.0 Å². The van der Waals surface area contributed by atoms with Crippen LogP contribution in [0.4, 0.5) is 4.79 Å². The van der Waals surface area contributed by atoms with Crippen LogP contribution in [0.3, 0.4) is 0 Å². The third-order valence-corrected chi connectivity index (χ3v) is 3.99. The van der Waals surface area contributed by atoms with Crippen LogP contribution in [-0.4, -0.2) is 36.2 Å². The van der Waals surface area contributed by atoms with E-state index in [0.717, 1.165) is 23.2 Å². The van der Waals surface area contributed by atoms with Gasteiger partial charge in [0.05, 0.1) is 17.3 Å². The number of nitrogens with one attached hydrogen (secondary N) is 1. The van der Waals surface area contributed by atoms with Gasteiger partial charge in [-0.1, -0.05) is 11.6 Å². The van der Waals surface area contributed by atoms with Gasteiger partial charge in [-0.05, 0) is 49.2 Å². The Balaban J connectivity index is 1.75. The molecule has 1 N–H and O–H groups in total. The van der Waals surface area contributed by atoms with Gasteiger partial charge in [-0.15, -0.1) is 0 Å². The first kappa shape index (κ1) is 17.1. The molecule has 122 valence electrons. The van der Waals surface area contributed by atoms with Crippen molar-refractivity contribution in [2.45, 2.75) is 39.3 Å². The lowest BCUT2D eigenvalue weighted by atomic mass is 10.1. The molecule has 1 aromatic rings. The SMILES string of the molecule is CC(C)(C)OC(=O)N1CC=C(CNCc2occc2Br)CC1. The molecule has 1 aliphatic heterocycles. The van der Waals surface area contributed by atoms with E-state index >= 15 is 0 Å². The first-order chi connectivity index (χ1) is 10.3. The molecule has 0 bridgehead atoms. The van der Waals surface area contributed by atoms with Crippen LogP contribution in [0.15, 0.2) is 32.9 Å². The molecular formula is C16H23BrN2O3. The van der Waals surface area contributed by atoms with Gasteiger partial charge >= 0.3 is 6.09 Å². The van der Waals surface area contributed by atoms with E-state index in [1.54, 1.807) is 11.2 Å². The molecule has 22 heavy (non-hydrogen) atoms. The van der Waals surface area contributed by atoms with E-state index in [1.807, 2.05) is 26.8 Å². The molecule has 6 heteroatoms. The number of halogens is 1. The van der Waals surface area contributed by atoms with Crippen molar-refractivity contribution in [3.8, 4) is 0 Å². The van der Waals surface area contributed by atoms with Crippen LogP contribution in [0.25, 0.3) is 0 Å². The Bertz CT molecular complexity index is 546. The van der Waals surface area contributed by atoms with Crippen molar-refractivity contribution >= 4 is 22.0 Å². The molecule has 2 rings (SSSR count). The highest BCUT2D eigenvalue weighted by atomic mass is 79.9. The Kier molecular flexibility index (Phi) is 5.69. The number of furan rings is 1. The summed E-state index contributed by atoms with van der Waals surface area (Å²) >= 11 is 3.43. The summed E-state index contributed by atoms with van der Waals surface area (Å²) in [6.45, 7) is 8.44. The summed E-state index contributed by atoms with van der Waals surface area (Å²) in [6, 6.07) is 1.88. The zero-order valence-electron chi connectivity index (χ0n) is 13.3. The van der Waals surface area contributed by atoms with Crippen molar-refractivity contribution in [1.82, 2.24) is 10.2 Å². The largest absolute Gasteiger partial charge is 0.467 e. The molecule has 0 unspecified atom stereocenters. The molecule has 2 heterocycles. The van der Waals surface area contributed by atoms with Crippen molar-refractivity contribution in [3.63, 3.8) is 0 Å². The highest BCUT2D eigenvalue weighted by molar-refractivity contribution is 9.10. The Labute approximate surface area is 139 Å². The van der Waals surface area contributed by atoms with Gasteiger partial charge < -0.3 is 19.4 Å². The van der Waals surface area contributed by atoms with Gasteiger partial charge in [0.15, 0.2) is 0 Å². The van der Waals surface area contributed by atoms with Gasteiger partial charge in [-0.25, -0.2) is 4.79 Å². The maximum atomic E-state index is 12.0. The van der Waals surface area contributed by atoms with Crippen molar-refractivity contribution in [2.75, 3.05) is 19.6 Å². The molecular weight excluding hydrogens is 348 g/mol. The fourth-order valence-electron chi connectivity index (χ4n) is 2.15. The monoisotopic (exact) mass is 370 g/mol. The van der Waals surface area contributed by atoms with Gasteiger partial charge in [-0.2, -0.15) is 0 Å². The first-order valence-electron chi connectivity index (χ1n) is 7.43. The summed E-state index contributed by atoms with van der Waals surface area (Å²) in [7, 11) is 0. The number of nitrogens with zero attached hydrogens (tertiary/aromatic N) is 1. The molecule has 0 spiro atoms. The molecule has 0 aromatic carbocycles. The van der Waals surface area contributed by atoms with E-state index in [1.165, 1.54) is 5.57 Å². The highest BCUT2D eigenvalue weighted by Crippen LogP contribution is 2.18. The average molecular weight is 371 g/mol. The summed E-state index contributed by atoms with van der Waals surface area (Å²) in [6.07, 6.45) is 4.39. The van der Waals surface area contributed by atoms with E-state index in [-0.39, 0.29) is 6.09 Å². The van der Waals surface area contributed by atoms with Gasteiger partial charge in [0.25, 0.3) is 0 Å². The second kappa shape index (κ2) is 7.33. The number of hydrogen-bond donors (Lipinski definition) is 1. The normalized spacial score (nSPS) is 15.6.